The number of ether oxygens (including phenoxy) is 1. The Labute approximate surface area is 123 Å². The lowest BCUT2D eigenvalue weighted by atomic mass is 9.80. The van der Waals surface area contributed by atoms with E-state index in [2.05, 4.69) is 25.2 Å². The van der Waals surface area contributed by atoms with Gasteiger partial charge in [0, 0.05) is 19.8 Å². The molecular weight excluding hydrogens is 252 g/mol. The molecular formula is C16H30N2O2. The second-order valence-electron chi connectivity index (χ2n) is 5.77. The highest BCUT2D eigenvalue weighted by atomic mass is 16.5. The maximum atomic E-state index is 12.2. The fourth-order valence-corrected chi connectivity index (χ4v) is 2.23. The Morgan fingerprint density at radius 2 is 1.90 bits per heavy atom. The fraction of sp³-hybridized carbons (Fsp3) is 0.875. The molecule has 0 unspecified atom stereocenters. The van der Waals surface area contributed by atoms with Gasteiger partial charge in [0.05, 0.1) is 6.07 Å². The van der Waals surface area contributed by atoms with Crippen molar-refractivity contribution in [1.29, 1.82) is 5.26 Å². The van der Waals surface area contributed by atoms with Crippen molar-refractivity contribution in [2.24, 2.45) is 11.3 Å². The lowest BCUT2D eigenvalue weighted by molar-refractivity contribution is -0.129. The van der Waals surface area contributed by atoms with E-state index in [1.807, 2.05) is 13.8 Å². The SMILES string of the molecule is CCCC(C#N)(CCC)C(=O)NCCCOCC(C)C. The molecule has 0 aliphatic rings. The van der Waals surface area contributed by atoms with Crippen LogP contribution in [0.3, 0.4) is 0 Å². The largest absolute Gasteiger partial charge is 0.381 e. The summed E-state index contributed by atoms with van der Waals surface area (Å²) in [5.41, 5.74) is -0.845. The first-order valence-electron chi connectivity index (χ1n) is 7.79. The molecule has 0 atom stereocenters. The summed E-state index contributed by atoms with van der Waals surface area (Å²) in [6, 6.07) is 2.24. The summed E-state index contributed by atoms with van der Waals surface area (Å²) in [5.74, 6) is 0.414. The zero-order valence-corrected chi connectivity index (χ0v) is 13.5. The van der Waals surface area contributed by atoms with Crippen LogP contribution >= 0.6 is 0 Å². The minimum absolute atomic E-state index is 0.118. The van der Waals surface area contributed by atoms with Gasteiger partial charge >= 0.3 is 0 Å². The fourth-order valence-electron chi connectivity index (χ4n) is 2.23. The Bertz CT molecular complexity index is 302. The number of amides is 1. The van der Waals surface area contributed by atoms with Crippen LogP contribution in [0.1, 0.15) is 59.8 Å². The third kappa shape index (κ3) is 6.91. The summed E-state index contributed by atoms with van der Waals surface area (Å²) >= 11 is 0. The number of hydrogen-bond acceptors (Lipinski definition) is 3. The molecule has 0 bridgehead atoms. The van der Waals surface area contributed by atoms with Crippen LogP contribution in [0.15, 0.2) is 0 Å². The molecule has 0 heterocycles. The Kier molecular flexibility index (Phi) is 10.1. The summed E-state index contributed by atoms with van der Waals surface area (Å²) in [5, 5.41) is 12.3. The third-order valence-electron chi connectivity index (χ3n) is 3.20. The molecule has 0 aromatic rings. The van der Waals surface area contributed by atoms with Crippen molar-refractivity contribution in [1.82, 2.24) is 5.32 Å². The lowest BCUT2D eigenvalue weighted by Gasteiger charge is -2.24. The molecule has 0 aromatic heterocycles. The predicted molar refractivity (Wildman–Crippen MR) is 81.1 cm³/mol. The van der Waals surface area contributed by atoms with Crippen LogP contribution in [0.2, 0.25) is 0 Å². The van der Waals surface area contributed by atoms with E-state index in [-0.39, 0.29) is 5.91 Å². The van der Waals surface area contributed by atoms with E-state index in [4.69, 9.17) is 4.74 Å². The lowest BCUT2D eigenvalue weighted by Crippen LogP contribution is -2.40. The van der Waals surface area contributed by atoms with Gasteiger partial charge in [-0.3, -0.25) is 4.79 Å². The number of carbonyl (C=O) groups is 1. The van der Waals surface area contributed by atoms with Gasteiger partial charge in [-0.25, -0.2) is 0 Å². The highest BCUT2D eigenvalue weighted by molar-refractivity contribution is 5.85. The molecule has 0 aliphatic heterocycles. The highest BCUT2D eigenvalue weighted by Crippen LogP contribution is 2.29. The molecule has 4 nitrogen and oxygen atoms in total. The molecule has 4 heteroatoms. The second kappa shape index (κ2) is 10.7. The monoisotopic (exact) mass is 282 g/mol. The van der Waals surface area contributed by atoms with Gasteiger partial charge in [-0.05, 0) is 25.2 Å². The zero-order chi connectivity index (χ0) is 15.4. The van der Waals surface area contributed by atoms with Crippen LogP contribution in [0.5, 0.6) is 0 Å². The van der Waals surface area contributed by atoms with Crippen LogP contribution in [0.4, 0.5) is 0 Å². The van der Waals surface area contributed by atoms with Crippen molar-refractivity contribution in [2.75, 3.05) is 19.8 Å². The Morgan fingerprint density at radius 3 is 2.35 bits per heavy atom. The zero-order valence-electron chi connectivity index (χ0n) is 13.5. The topological polar surface area (TPSA) is 62.1 Å². The van der Waals surface area contributed by atoms with Crippen LogP contribution in [0.25, 0.3) is 0 Å². The molecule has 1 N–H and O–H groups in total. The van der Waals surface area contributed by atoms with Gasteiger partial charge in [0.15, 0.2) is 0 Å². The van der Waals surface area contributed by atoms with Gasteiger partial charge in [-0.1, -0.05) is 40.5 Å². The van der Waals surface area contributed by atoms with Gasteiger partial charge in [0.25, 0.3) is 0 Å². The standard InChI is InChI=1S/C16H30N2O2/c1-5-8-16(13-17,9-6-2)15(19)18-10-7-11-20-12-14(3)4/h14H,5-12H2,1-4H3,(H,18,19). The third-order valence-corrected chi connectivity index (χ3v) is 3.20. The van der Waals surface area contributed by atoms with E-state index in [0.29, 0.717) is 31.9 Å². The highest BCUT2D eigenvalue weighted by Gasteiger charge is 2.36. The molecule has 0 saturated heterocycles. The van der Waals surface area contributed by atoms with Crippen LogP contribution in [-0.4, -0.2) is 25.7 Å². The van der Waals surface area contributed by atoms with E-state index in [1.165, 1.54) is 0 Å². The molecule has 0 saturated carbocycles. The normalized spacial score (nSPS) is 11.4. The van der Waals surface area contributed by atoms with Crippen molar-refractivity contribution >= 4 is 5.91 Å². The van der Waals surface area contributed by atoms with Gasteiger partial charge in [-0.15, -0.1) is 0 Å². The van der Waals surface area contributed by atoms with Gasteiger partial charge in [0.1, 0.15) is 5.41 Å². The first kappa shape index (κ1) is 18.9. The predicted octanol–water partition coefficient (Wildman–Crippen LogP) is 3.28. The first-order valence-corrected chi connectivity index (χ1v) is 7.79. The minimum Gasteiger partial charge on any atom is -0.381 e. The number of rotatable bonds is 11. The van der Waals surface area contributed by atoms with Crippen molar-refractivity contribution < 1.29 is 9.53 Å². The average Bonchev–Trinajstić information content (AvgIpc) is 2.41. The van der Waals surface area contributed by atoms with Crippen molar-refractivity contribution in [3.05, 3.63) is 0 Å². The molecule has 0 rings (SSSR count). The van der Waals surface area contributed by atoms with E-state index >= 15 is 0 Å². The number of nitrogens with zero attached hydrogens (tertiary/aromatic N) is 1. The quantitative estimate of drug-likeness (QED) is 0.592. The number of hydrogen-bond donors (Lipinski definition) is 1. The summed E-state index contributed by atoms with van der Waals surface area (Å²) in [6.45, 7) is 10.2. The second-order valence-corrected chi connectivity index (χ2v) is 5.77. The van der Waals surface area contributed by atoms with Crippen LogP contribution < -0.4 is 5.32 Å². The number of carbonyl (C=O) groups excluding carboxylic acids is 1. The Morgan fingerprint density at radius 1 is 1.30 bits per heavy atom. The van der Waals surface area contributed by atoms with Gasteiger partial charge in [0.2, 0.25) is 5.91 Å². The Balaban J connectivity index is 4.11. The molecule has 0 spiro atoms. The maximum Gasteiger partial charge on any atom is 0.240 e. The summed E-state index contributed by atoms with van der Waals surface area (Å²) in [6.07, 6.45) is 3.75. The van der Waals surface area contributed by atoms with E-state index in [0.717, 1.165) is 25.9 Å². The molecule has 0 aromatic carbocycles. The number of nitrogens with one attached hydrogen (secondary N) is 1. The minimum atomic E-state index is -0.845. The van der Waals surface area contributed by atoms with Gasteiger partial charge in [-0.2, -0.15) is 5.26 Å². The number of nitriles is 1. The van der Waals surface area contributed by atoms with Crippen LogP contribution in [0, 0.1) is 22.7 Å². The van der Waals surface area contributed by atoms with Crippen molar-refractivity contribution in [2.45, 2.75) is 59.8 Å². The van der Waals surface area contributed by atoms with Crippen LogP contribution in [-0.2, 0) is 9.53 Å². The summed E-state index contributed by atoms with van der Waals surface area (Å²) < 4.78 is 5.47. The first-order chi connectivity index (χ1) is 9.52. The molecule has 116 valence electrons. The van der Waals surface area contributed by atoms with Gasteiger partial charge < -0.3 is 10.1 Å². The molecule has 20 heavy (non-hydrogen) atoms. The Hall–Kier alpha value is -1.08. The molecule has 0 fully saturated rings. The van der Waals surface area contributed by atoms with Crippen molar-refractivity contribution in [3.63, 3.8) is 0 Å². The molecule has 0 radical (unpaired) electrons. The van der Waals surface area contributed by atoms with E-state index in [1.54, 1.807) is 0 Å². The maximum absolute atomic E-state index is 12.2. The summed E-state index contributed by atoms with van der Waals surface area (Å²) in [7, 11) is 0. The van der Waals surface area contributed by atoms with Crippen molar-refractivity contribution in [3.8, 4) is 6.07 Å². The smallest absolute Gasteiger partial charge is 0.240 e. The average molecular weight is 282 g/mol. The molecule has 1 amide bonds. The van der Waals surface area contributed by atoms with E-state index in [9.17, 15) is 10.1 Å². The summed E-state index contributed by atoms with van der Waals surface area (Å²) in [4.78, 5) is 12.2. The van der Waals surface area contributed by atoms with E-state index < -0.39 is 5.41 Å². The molecule has 0 aliphatic carbocycles.